The predicted octanol–water partition coefficient (Wildman–Crippen LogP) is 6.66. The lowest BCUT2D eigenvalue weighted by Gasteiger charge is -2.29. The Balaban J connectivity index is 1.97. The first kappa shape index (κ1) is 19.5. The number of halogens is 5. The summed E-state index contributed by atoms with van der Waals surface area (Å²) in [4.78, 5) is 0. The zero-order valence-corrected chi connectivity index (χ0v) is 13.8. The molecule has 0 atom stereocenters. The second kappa shape index (κ2) is 8.50. The molecular formula is C19H21F5O. The molecule has 1 fully saturated rings. The van der Waals surface area contributed by atoms with E-state index < -0.39 is 23.7 Å². The summed E-state index contributed by atoms with van der Waals surface area (Å²) in [6.07, 6.45) is 6.01. The summed E-state index contributed by atoms with van der Waals surface area (Å²) in [5.74, 6) is -3.50. The molecule has 0 saturated heterocycles. The van der Waals surface area contributed by atoms with Crippen molar-refractivity contribution in [3.05, 3.63) is 54.1 Å². The van der Waals surface area contributed by atoms with Gasteiger partial charge in [0.25, 0.3) is 0 Å². The van der Waals surface area contributed by atoms with E-state index in [0.717, 1.165) is 50.7 Å². The minimum Gasteiger partial charge on any atom is -0.399 e. The first-order valence-corrected chi connectivity index (χ1v) is 8.32. The van der Waals surface area contributed by atoms with Gasteiger partial charge in [-0.3, -0.25) is 0 Å². The summed E-state index contributed by atoms with van der Waals surface area (Å²) in [5.41, 5.74) is 0.398. The highest BCUT2D eigenvalue weighted by Crippen LogP contribution is 2.39. The summed E-state index contributed by atoms with van der Waals surface area (Å²) < 4.78 is 67.6. The molecule has 1 aromatic carbocycles. The summed E-state index contributed by atoms with van der Waals surface area (Å²) in [6, 6.07) is 1.92. The van der Waals surface area contributed by atoms with Crippen molar-refractivity contribution in [3.63, 3.8) is 0 Å². The predicted molar refractivity (Wildman–Crippen MR) is 86.3 cm³/mol. The normalized spacial score (nSPS) is 21.5. The van der Waals surface area contributed by atoms with E-state index in [9.17, 15) is 22.0 Å². The third kappa shape index (κ3) is 5.87. The topological polar surface area (TPSA) is 9.23 Å². The number of hydrogen-bond donors (Lipinski definition) is 0. The number of allylic oxidation sites excluding steroid dienone is 3. The molecule has 0 amide bonds. The van der Waals surface area contributed by atoms with E-state index in [1.54, 1.807) is 6.08 Å². The van der Waals surface area contributed by atoms with Crippen molar-refractivity contribution >= 4 is 0 Å². The van der Waals surface area contributed by atoms with E-state index in [1.807, 2.05) is 6.08 Å². The Bertz CT molecular complexity index is 590. The van der Waals surface area contributed by atoms with Gasteiger partial charge in [0.05, 0.1) is 0 Å². The zero-order valence-electron chi connectivity index (χ0n) is 13.8. The van der Waals surface area contributed by atoms with Crippen LogP contribution in [-0.4, -0.2) is 6.36 Å². The van der Waals surface area contributed by atoms with Crippen LogP contribution < -0.4 is 4.74 Å². The van der Waals surface area contributed by atoms with E-state index in [-0.39, 0.29) is 5.92 Å². The molecule has 0 N–H and O–H groups in total. The molecule has 0 unspecified atom stereocenters. The fraction of sp³-hybridized carbons (Fsp3) is 0.474. The second-order valence-corrected chi connectivity index (χ2v) is 6.32. The summed E-state index contributed by atoms with van der Waals surface area (Å²) in [6.45, 7) is 3.61. The van der Waals surface area contributed by atoms with Crippen molar-refractivity contribution in [2.24, 2.45) is 5.92 Å². The van der Waals surface area contributed by atoms with Crippen molar-refractivity contribution in [2.75, 3.05) is 0 Å². The van der Waals surface area contributed by atoms with E-state index in [1.165, 1.54) is 0 Å². The van der Waals surface area contributed by atoms with Crippen LogP contribution in [0.3, 0.4) is 0 Å². The molecule has 1 aliphatic rings. The van der Waals surface area contributed by atoms with Gasteiger partial charge in [-0.15, -0.1) is 13.2 Å². The van der Waals surface area contributed by atoms with E-state index in [0.29, 0.717) is 11.5 Å². The molecule has 25 heavy (non-hydrogen) atoms. The van der Waals surface area contributed by atoms with Gasteiger partial charge in [0.15, 0.2) is 11.6 Å². The Hall–Kier alpha value is -1.85. The number of benzene rings is 1. The highest BCUT2D eigenvalue weighted by molar-refractivity contribution is 5.33. The average Bonchev–Trinajstić information content (AvgIpc) is 2.54. The van der Waals surface area contributed by atoms with Crippen molar-refractivity contribution in [3.8, 4) is 5.75 Å². The van der Waals surface area contributed by atoms with Crippen LogP contribution in [0.5, 0.6) is 5.75 Å². The maximum atomic E-state index is 13.8. The Kier molecular flexibility index (Phi) is 6.62. The van der Waals surface area contributed by atoms with Gasteiger partial charge in [-0.25, -0.2) is 8.78 Å². The van der Waals surface area contributed by atoms with Crippen LogP contribution in [0, 0.1) is 17.6 Å². The van der Waals surface area contributed by atoms with Crippen LogP contribution in [0.15, 0.2) is 36.9 Å². The molecule has 1 aliphatic carbocycles. The summed E-state index contributed by atoms with van der Waals surface area (Å²) >= 11 is 0. The molecule has 0 aromatic heterocycles. The van der Waals surface area contributed by atoms with E-state index >= 15 is 0 Å². The van der Waals surface area contributed by atoms with Crippen LogP contribution in [0.2, 0.25) is 0 Å². The Morgan fingerprint density at radius 3 is 2.20 bits per heavy atom. The molecule has 0 bridgehead atoms. The fourth-order valence-electron chi connectivity index (χ4n) is 3.34. The number of ether oxygens (including phenoxy) is 1. The largest absolute Gasteiger partial charge is 0.573 e. The van der Waals surface area contributed by atoms with Gasteiger partial charge in [-0.2, -0.15) is 0 Å². The minimum absolute atomic E-state index is 0.0381. The van der Waals surface area contributed by atoms with Gasteiger partial charge in [-0.1, -0.05) is 24.8 Å². The van der Waals surface area contributed by atoms with Gasteiger partial charge < -0.3 is 4.74 Å². The molecule has 6 heteroatoms. The van der Waals surface area contributed by atoms with E-state index in [4.69, 9.17) is 0 Å². The Labute approximate surface area is 144 Å². The highest BCUT2D eigenvalue weighted by Gasteiger charge is 2.34. The highest BCUT2D eigenvalue weighted by atomic mass is 19.4. The SMILES string of the molecule is C=CC=CCCC1CCC(c2cc(F)c(OC(F)(F)F)c(F)c2)CC1. The standard InChI is InChI=1S/C19H21F5O/c1-2-3-4-5-6-13-7-9-14(10-8-13)15-11-16(20)18(17(21)12-15)25-19(22,23)24/h2-4,11-14H,1,5-10H2. The van der Waals surface area contributed by atoms with Gasteiger partial charge >= 0.3 is 6.36 Å². The lowest BCUT2D eigenvalue weighted by atomic mass is 9.77. The molecule has 1 saturated carbocycles. The molecular weight excluding hydrogens is 339 g/mol. The van der Waals surface area contributed by atoms with Crippen LogP contribution in [0.1, 0.15) is 50.0 Å². The lowest BCUT2D eigenvalue weighted by molar-refractivity contribution is -0.276. The van der Waals surface area contributed by atoms with Crippen LogP contribution in [0.25, 0.3) is 0 Å². The summed E-state index contributed by atoms with van der Waals surface area (Å²) in [7, 11) is 0. The first-order chi connectivity index (χ1) is 11.8. The van der Waals surface area contributed by atoms with Gasteiger partial charge in [0.1, 0.15) is 0 Å². The third-order valence-corrected chi connectivity index (χ3v) is 4.57. The average molecular weight is 360 g/mol. The summed E-state index contributed by atoms with van der Waals surface area (Å²) in [5, 5.41) is 0. The van der Waals surface area contributed by atoms with Crippen molar-refractivity contribution < 1.29 is 26.7 Å². The van der Waals surface area contributed by atoms with Crippen molar-refractivity contribution in [1.82, 2.24) is 0 Å². The monoisotopic (exact) mass is 360 g/mol. The maximum Gasteiger partial charge on any atom is 0.573 e. The molecule has 0 radical (unpaired) electrons. The van der Waals surface area contributed by atoms with Crippen LogP contribution >= 0.6 is 0 Å². The molecule has 138 valence electrons. The van der Waals surface area contributed by atoms with Crippen molar-refractivity contribution in [2.45, 2.75) is 50.8 Å². The van der Waals surface area contributed by atoms with E-state index in [2.05, 4.69) is 17.4 Å². The van der Waals surface area contributed by atoms with Crippen LogP contribution in [-0.2, 0) is 0 Å². The quantitative estimate of drug-likeness (QED) is 0.407. The van der Waals surface area contributed by atoms with Gasteiger partial charge in [-0.05, 0) is 68.1 Å². The van der Waals surface area contributed by atoms with Crippen molar-refractivity contribution in [1.29, 1.82) is 0 Å². The van der Waals surface area contributed by atoms with Gasteiger partial charge in [0.2, 0.25) is 5.75 Å². The zero-order chi connectivity index (χ0) is 18.4. The number of alkyl halides is 3. The molecule has 1 nitrogen and oxygen atoms in total. The molecule has 0 spiro atoms. The Morgan fingerprint density at radius 1 is 1.08 bits per heavy atom. The number of hydrogen-bond acceptors (Lipinski definition) is 1. The lowest BCUT2D eigenvalue weighted by Crippen LogP contribution is -2.19. The van der Waals surface area contributed by atoms with Gasteiger partial charge in [0, 0.05) is 0 Å². The fourth-order valence-corrected chi connectivity index (χ4v) is 3.34. The molecule has 0 heterocycles. The van der Waals surface area contributed by atoms with Crippen LogP contribution in [0.4, 0.5) is 22.0 Å². The first-order valence-electron chi connectivity index (χ1n) is 8.32. The maximum absolute atomic E-state index is 13.8. The smallest absolute Gasteiger partial charge is 0.399 e. The third-order valence-electron chi connectivity index (χ3n) is 4.57. The molecule has 2 rings (SSSR count). The Morgan fingerprint density at radius 2 is 1.68 bits per heavy atom. The molecule has 1 aromatic rings. The minimum atomic E-state index is -5.12. The number of rotatable bonds is 6. The second-order valence-electron chi connectivity index (χ2n) is 6.32. The molecule has 0 aliphatic heterocycles.